The van der Waals surface area contributed by atoms with Crippen LogP contribution in [0.4, 0.5) is 0 Å². The van der Waals surface area contributed by atoms with Gasteiger partial charge >= 0.3 is 0 Å². The minimum atomic E-state index is -0.679. The van der Waals surface area contributed by atoms with E-state index in [0.29, 0.717) is 0 Å². The fraction of sp³-hybridized carbons (Fsp3) is 0.538. The zero-order chi connectivity index (χ0) is 13.5. The highest BCUT2D eigenvalue weighted by Crippen LogP contribution is 2.31. The highest BCUT2D eigenvalue weighted by molar-refractivity contribution is 5.32. The van der Waals surface area contributed by atoms with Crippen molar-refractivity contribution in [1.82, 2.24) is 19.6 Å². The van der Waals surface area contributed by atoms with Crippen molar-refractivity contribution in [3.63, 3.8) is 0 Å². The molecule has 0 saturated heterocycles. The molecule has 2 aromatic heterocycles. The lowest BCUT2D eigenvalue weighted by molar-refractivity contribution is 0.217. The van der Waals surface area contributed by atoms with Crippen molar-refractivity contribution < 1.29 is 5.11 Å². The normalized spacial score (nSPS) is 13.9. The van der Waals surface area contributed by atoms with Crippen LogP contribution in [0.2, 0.25) is 0 Å². The molecule has 2 aromatic rings. The van der Waals surface area contributed by atoms with Gasteiger partial charge in [-0.25, -0.2) is 0 Å². The molecular formula is C13H20N4O. The summed E-state index contributed by atoms with van der Waals surface area (Å²) in [7, 11) is 3.71. The van der Waals surface area contributed by atoms with Crippen LogP contribution in [0.25, 0.3) is 0 Å². The molecule has 0 saturated carbocycles. The van der Waals surface area contributed by atoms with Crippen molar-refractivity contribution in [2.75, 3.05) is 0 Å². The molecule has 0 aromatic carbocycles. The molecule has 0 aliphatic heterocycles. The molecule has 2 rings (SSSR count). The number of rotatable bonds is 2. The predicted molar refractivity (Wildman–Crippen MR) is 69.2 cm³/mol. The average Bonchev–Trinajstić information content (AvgIpc) is 2.82. The van der Waals surface area contributed by atoms with Crippen LogP contribution >= 0.6 is 0 Å². The maximum absolute atomic E-state index is 10.5. The van der Waals surface area contributed by atoms with Gasteiger partial charge in [-0.3, -0.25) is 9.36 Å². The monoisotopic (exact) mass is 248 g/mol. The van der Waals surface area contributed by atoms with E-state index in [4.69, 9.17) is 0 Å². The van der Waals surface area contributed by atoms with Gasteiger partial charge in [0.25, 0.3) is 0 Å². The van der Waals surface area contributed by atoms with Gasteiger partial charge in [0.2, 0.25) is 0 Å². The van der Waals surface area contributed by atoms with Gasteiger partial charge < -0.3 is 5.11 Å². The Morgan fingerprint density at radius 2 is 1.83 bits per heavy atom. The van der Waals surface area contributed by atoms with Gasteiger partial charge in [-0.15, -0.1) is 0 Å². The second kappa shape index (κ2) is 4.24. The SMILES string of the molecule is Cn1cc(C(O)c2cn(C)nc2C(C)(C)C)cn1. The van der Waals surface area contributed by atoms with Crippen molar-refractivity contribution in [1.29, 1.82) is 0 Å². The molecule has 5 nitrogen and oxygen atoms in total. The van der Waals surface area contributed by atoms with Crippen LogP contribution in [0.1, 0.15) is 43.7 Å². The zero-order valence-electron chi connectivity index (χ0n) is 11.5. The van der Waals surface area contributed by atoms with Crippen molar-refractivity contribution in [3.05, 3.63) is 35.4 Å². The number of hydrogen-bond donors (Lipinski definition) is 1. The van der Waals surface area contributed by atoms with Crippen LogP contribution in [-0.2, 0) is 19.5 Å². The summed E-state index contributed by atoms with van der Waals surface area (Å²) in [5, 5.41) is 19.0. The zero-order valence-corrected chi connectivity index (χ0v) is 11.5. The lowest BCUT2D eigenvalue weighted by Gasteiger charge is -2.19. The molecule has 0 radical (unpaired) electrons. The molecule has 0 bridgehead atoms. The van der Waals surface area contributed by atoms with Gasteiger partial charge in [0, 0.05) is 43.0 Å². The van der Waals surface area contributed by atoms with Crippen molar-refractivity contribution in [2.45, 2.75) is 32.3 Å². The Hall–Kier alpha value is -1.62. The third kappa shape index (κ3) is 2.31. The largest absolute Gasteiger partial charge is 0.383 e. The molecule has 1 N–H and O–H groups in total. The van der Waals surface area contributed by atoms with Gasteiger partial charge in [-0.2, -0.15) is 10.2 Å². The summed E-state index contributed by atoms with van der Waals surface area (Å²) in [6.45, 7) is 6.28. The molecule has 0 aliphatic carbocycles. The molecule has 5 heteroatoms. The smallest absolute Gasteiger partial charge is 0.110 e. The highest BCUT2D eigenvalue weighted by Gasteiger charge is 2.26. The molecule has 0 spiro atoms. The van der Waals surface area contributed by atoms with E-state index in [-0.39, 0.29) is 5.41 Å². The second-order valence-corrected chi connectivity index (χ2v) is 5.71. The molecule has 1 unspecified atom stereocenters. The topological polar surface area (TPSA) is 55.9 Å². The fourth-order valence-electron chi connectivity index (χ4n) is 2.05. The van der Waals surface area contributed by atoms with Gasteiger partial charge in [-0.05, 0) is 0 Å². The summed E-state index contributed by atoms with van der Waals surface area (Å²) in [6, 6.07) is 0. The number of hydrogen-bond acceptors (Lipinski definition) is 3. The Morgan fingerprint density at radius 1 is 1.17 bits per heavy atom. The summed E-state index contributed by atoms with van der Waals surface area (Å²) >= 11 is 0. The first-order chi connectivity index (χ1) is 8.29. The molecule has 0 aliphatic rings. The second-order valence-electron chi connectivity index (χ2n) is 5.71. The van der Waals surface area contributed by atoms with E-state index in [2.05, 4.69) is 31.0 Å². The molecule has 2 heterocycles. The summed E-state index contributed by atoms with van der Waals surface area (Å²) < 4.78 is 3.43. The van der Waals surface area contributed by atoms with Crippen LogP contribution in [0.5, 0.6) is 0 Å². The number of aliphatic hydroxyl groups is 1. The van der Waals surface area contributed by atoms with Crippen molar-refractivity contribution in [3.8, 4) is 0 Å². The van der Waals surface area contributed by atoms with Crippen LogP contribution < -0.4 is 0 Å². The molecule has 1 atom stereocenters. The maximum atomic E-state index is 10.5. The lowest BCUT2D eigenvalue weighted by Crippen LogP contribution is -2.16. The Kier molecular flexibility index (Phi) is 3.02. The minimum Gasteiger partial charge on any atom is -0.383 e. The summed E-state index contributed by atoms with van der Waals surface area (Å²) in [6.07, 6.45) is 4.70. The van der Waals surface area contributed by atoms with E-state index >= 15 is 0 Å². The Morgan fingerprint density at radius 3 is 2.33 bits per heavy atom. The Bertz CT molecular complexity index is 548. The number of aliphatic hydroxyl groups excluding tert-OH is 1. The van der Waals surface area contributed by atoms with E-state index in [1.54, 1.807) is 15.6 Å². The minimum absolute atomic E-state index is 0.0974. The quantitative estimate of drug-likeness (QED) is 0.877. The van der Waals surface area contributed by atoms with Gasteiger partial charge in [-0.1, -0.05) is 20.8 Å². The number of aromatic nitrogens is 4. The van der Waals surface area contributed by atoms with E-state index in [9.17, 15) is 5.11 Å². The Balaban J connectivity index is 2.45. The van der Waals surface area contributed by atoms with Crippen molar-refractivity contribution in [2.24, 2.45) is 14.1 Å². The van der Waals surface area contributed by atoms with Gasteiger partial charge in [0.05, 0.1) is 11.9 Å². The molecular weight excluding hydrogens is 228 g/mol. The van der Waals surface area contributed by atoms with Crippen LogP contribution in [-0.4, -0.2) is 24.7 Å². The van der Waals surface area contributed by atoms with E-state index < -0.39 is 6.10 Å². The molecule has 0 fully saturated rings. The van der Waals surface area contributed by atoms with Gasteiger partial charge in [0.15, 0.2) is 0 Å². The third-order valence-corrected chi connectivity index (χ3v) is 2.90. The van der Waals surface area contributed by atoms with E-state index in [0.717, 1.165) is 16.8 Å². The molecule has 0 amide bonds. The van der Waals surface area contributed by atoms with Crippen LogP contribution in [0.3, 0.4) is 0 Å². The standard InChI is InChI=1S/C13H20N4O/c1-13(2,3)12-10(8-17(5)15-12)11(18)9-6-14-16(4)7-9/h6-8,11,18H,1-5H3. The average molecular weight is 248 g/mol. The lowest BCUT2D eigenvalue weighted by atomic mass is 9.87. The molecule has 98 valence electrons. The summed E-state index contributed by atoms with van der Waals surface area (Å²) in [4.78, 5) is 0. The highest BCUT2D eigenvalue weighted by atomic mass is 16.3. The fourth-order valence-corrected chi connectivity index (χ4v) is 2.05. The summed E-state index contributed by atoms with van der Waals surface area (Å²) in [5.41, 5.74) is 2.45. The number of nitrogens with zero attached hydrogens (tertiary/aromatic N) is 4. The van der Waals surface area contributed by atoms with Crippen molar-refractivity contribution >= 4 is 0 Å². The molecule has 18 heavy (non-hydrogen) atoms. The van der Waals surface area contributed by atoms with E-state index in [1.165, 1.54) is 0 Å². The summed E-state index contributed by atoms with van der Waals surface area (Å²) in [5.74, 6) is 0. The first-order valence-electron chi connectivity index (χ1n) is 5.99. The predicted octanol–water partition coefficient (Wildman–Crippen LogP) is 1.53. The first-order valence-corrected chi connectivity index (χ1v) is 5.99. The van der Waals surface area contributed by atoms with Crippen LogP contribution in [0.15, 0.2) is 18.6 Å². The maximum Gasteiger partial charge on any atom is 0.110 e. The van der Waals surface area contributed by atoms with Gasteiger partial charge in [0.1, 0.15) is 6.10 Å². The number of aryl methyl sites for hydroxylation is 2. The third-order valence-electron chi connectivity index (χ3n) is 2.90. The first kappa shape index (κ1) is 12.8. The van der Waals surface area contributed by atoms with Crippen LogP contribution in [0, 0.1) is 0 Å². The van der Waals surface area contributed by atoms with E-state index in [1.807, 2.05) is 26.5 Å². The Labute approximate surface area is 107 Å².